The van der Waals surface area contributed by atoms with E-state index in [1.54, 1.807) is 0 Å². The number of hydrogen-bond acceptors (Lipinski definition) is 3. The molecule has 0 saturated carbocycles. The van der Waals surface area contributed by atoms with Crippen molar-refractivity contribution in [2.24, 2.45) is 5.92 Å². The smallest absolute Gasteiger partial charge is 0.0610 e. The predicted molar refractivity (Wildman–Crippen MR) is 82.5 cm³/mol. The van der Waals surface area contributed by atoms with Crippen molar-refractivity contribution >= 4 is 0 Å². The Hall–Kier alpha value is -0.120. The highest BCUT2D eigenvalue weighted by molar-refractivity contribution is 4.82. The zero-order valence-electron chi connectivity index (χ0n) is 13.2. The lowest BCUT2D eigenvalue weighted by atomic mass is 9.96. The molecule has 0 spiro atoms. The molecule has 0 aromatic rings. The van der Waals surface area contributed by atoms with Crippen molar-refractivity contribution < 1.29 is 5.11 Å². The number of nitrogens with one attached hydrogen (secondary N) is 1. The lowest BCUT2D eigenvalue weighted by Crippen LogP contribution is -2.46. The van der Waals surface area contributed by atoms with Crippen LogP contribution in [0.25, 0.3) is 0 Å². The van der Waals surface area contributed by atoms with Gasteiger partial charge in [-0.15, -0.1) is 0 Å². The lowest BCUT2D eigenvalue weighted by Gasteiger charge is -2.29. The minimum absolute atomic E-state index is 0.0907. The average Bonchev–Trinajstić information content (AvgIpc) is 2.64. The molecular formula is C16H34N2O. The molecule has 3 heteroatoms. The fraction of sp³-hybridized carbons (Fsp3) is 1.00. The van der Waals surface area contributed by atoms with Gasteiger partial charge in [0.1, 0.15) is 0 Å². The summed E-state index contributed by atoms with van der Waals surface area (Å²) in [5.74, 6) is 0.953. The molecule has 1 heterocycles. The summed E-state index contributed by atoms with van der Waals surface area (Å²) in [4.78, 5) is 2.62. The molecule has 3 nitrogen and oxygen atoms in total. The Kier molecular flexibility index (Phi) is 7.96. The van der Waals surface area contributed by atoms with Crippen LogP contribution in [-0.2, 0) is 0 Å². The van der Waals surface area contributed by atoms with Crippen LogP contribution in [0.5, 0.6) is 0 Å². The van der Waals surface area contributed by atoms with Gasteiger partial charge in [0.05, 0.1) is 6.61 Å². The number of aliphatic hydroxyl groups is 1. The highest BCUT2D eigenvalue weighted by Gasteiger charge is 2.22. The molecule has 0 bridgehead atoms. The minimum Gasteiger partial charge on any atom is -0.394 e. The number of aliphatic hydroxyl groups excluding tert-OH is 1. The molecule has 2 unspecified atom stereocenters. The van der Waals surface area contributed by atoms with E-state index < -0.39 is 0 Å². The Morgan fingerprint density at radius 1 is 1.26 bits per heavy atom. The van der Waals surface area contributed by atoms with Gasteiger partial charge in [-0.1, -0.05) is 20.3 Å². The Bertz CT molecular complexity index is 235. The second kappa shape index (κ2) is 8.93. The maximum absolute atomic E-state index is 9.49. The van der Waals surface area contributed by atoms with Crippen LogP contribution in [0.2, 0.25) is 0 Å². The van der Waals surface area contributed by atoms with Crippen LogP contribution in [0.1, 0.15) is 59.3 Å². The summed E-state index contributed by atoms with van der Waals surface area (Å²) in [5, 5.41) is 12.9. The minimum atomic E-state index is -0.0907. The van der Waals surface area contributed by atoms with Crippen LogP contribution in [0.4, 0.5) is 0 Å². The fourth-order valence-corrected chi connectivity index (χ4v) is 3.20. The van der Waals surface area contributed by atoms with Gasteiger partial charge in [0, 0.05) is 5.54 Å². The Labute approximate surface area is 119 Å². The zero-order valence-corrected chi connectivity index (χ0v) is 13.2. The molecule has 0 aromatic carbocycles. The Morgan fingerprint density at radius 2 is 2.05 bits per heavy atom. The van der Waals surface area contributed by atoms with E-state index in [-0.39, 0.29) is 12.1 Å². The van der Waals surface area contributed by atoms with Gasteiger partial charge >= 0.3 is 0 Å². The van der Waals surface area contributed by atoms with Gasteiger partial charge in [0.2, 0.25) is 0 Å². The van der Waals surface area contributed by atoms with E-state index in [1.807, 2.05) is 0 Å². The maximum Gasteiger partial charge on any atom is 0.0610 e. The Morgan fingerprint density at radius 3 is 2.68 bits per heavy atom. The monoisotopic (exact) mass is 270 g/mol. The molecule has 1 aliphatic rings. The largest absolute Gasteiger partial charge is 0.394 e. The molecule has 1 rings (SSSR count). The van der Waals surface area contributed by atoms with Crippen molar-refractivity contribution in [2.45, 2.75) is 64.8 Å². The third-order valence-electron chi connectivity index (χ3n) is 4.67. The fourth-order valence-electron chi connectivity index (χ4n) is 3.20. The van der Waals surface area contributed by atoms with Gasteiger partial charge in [0.25, 0.3) is 0 Å². The van der Waals surface area contributed by atoms with Gasteiger partial charge in [-0.05, 0) is 71.1 Å². The topological polar surface area (TPSA) is 35.5 Å². The predicted octanol–water partition coefficient (Wildman–Crippen LogP) is 2.64. The molecule has 1 fully saturated rings. The molecular weight excluding hydrogens is 236 g/mol. The second-order valence-corrected chi connectivity index (χ2v) is 6.40. The summed E-state index contributed by atoms with van der Waals surface area (Å²) in [5.41, 5.74) is -0.0907. The first-order chi connectivity index (χ1) is 9.13. The van der Waals surface area contributed by atoms with Gasteiger partial charge in [-0.2, -0.15) is 0 Å². The third-order valence-corrected chi connectivity index (χ3v) is 4.67. The van der Waals surface area contributed by atoms with Crippen LogP contribution >= 0.6 is 0 Å². The summed E-state index contributed by atoms with van der Waals surface area (Å²) in [6.07, 6.45) is 7.74. The Balaban J connectivity index is 2.24. The van der Waals surface area contributed by atoms with Crippen LogP contribution in [0, 0.1) is 5.92 Å². The molecule has 114 valence electrons. The summed E-state index contributed by atoms with van der Waals surface area (Å²) in [7, 11) is 0. The van der Waals surface area contributed by atoms with Crippen LogP contribution in [0.3, 0.4) is 0 Å². The van der Waals surface area contributed by atoms with E-state index >= 15 is 0 Å². The van der Waals surface area contributed by atoms with Gasteiger partial charge < -0.3 is 15.3 Å². The van der Waals surface area contributed by atoms with E-state index in [0.29, 0.717) is 0 Å². The molecule has 1 saturated heterocycles. The summed E-state index contributed by atoms with van der Waals surface area (Å²) in [6, 6.07) is 0. The zero-order chi connectivity index (χ0) is 14.1. The van der Waals surface area contributed by atoms with Gasteiger partial charge in [-0.3, -0.25) is 0 Å². The molecule has 0 aromatic heterocycles. The van der Waals surface area contributed by atoms with E-state index in [4.69, 9.17) is 0 Å². The van der Waals surface area contributed by atoms with Gasteiger partial charge in [-0.25, -0.2) is 0 Å². The van der Waals surface area contributed by atoms with Crippen molar-refractivity contribution in [3.05, 3.63) is 0 Å². The average molecular weight is 270 g/mol. The van der Waals surface area contributed by atoms with Gasteiger partial charge in [0.15, 0.2) is 0 Å². The number of nitrogens with zero attached hydrogens (tertiary/aromatic N) is 1. The standard InChI is InChI=1S/C16H34N2O/c1-4-15-8-6-11-18(13-9-15)12-7-10-16(3,14-19)17-5-2/h15,17,19H,4-14H2,1-3H3. The molecule has 2 N–H and O–H groups in total. The SMILES string of the molecule is CCNC(C)(CO)CCCN1CCCC(CC)CC1. The van der Waals surface area contributed by atoms with E-state index in [0.717, 1.165) is 18.9 Å². The highest BCUT2D eigenvalue weighted by Crippen LogP contribution is 2.21. The summed E-state index contributed by atoms with van der Waals surface area (Å²) < 4.78 is 0. The molecule has 19 heavy (non-hydrogen) atoms. The molecule has 0 aliphatic carbocycles. The van der Waals surface area contributed by atoms with E-state index in [1.165, 1.54) is 51.7 Å². The quantitative estimate of drug-likeness (QED) is 0.712. The molecule has 0 radical (unpaired) electrons. The molecule has 0 amide bonds. The molecule has 1 aliphatic heterocycles. The van der Waals surface area contributed by atoms with Crippen molar-refractivity contribution in [3.63, 3.8) is 0 Å². The second-order valence-electron chi connectivity index (χ2n) is 6.40. The van der Waals surface area contributed by atoms with Crippen LogP contribution < -0.4 is 5.32 Å². The first-order valence-corrected chi connectivity index (χ1v) is 8.21. The normalized spacial score (nSPS) is 24.9. The molecule has 2 atom stereocenters. The number of likely N-dealkylation sites (N-methyl/N-ethyl adjacent to an activating group) is 1. The first-order valence-electron chi connectivity index (χ1n) is 8.21. The number of rotatable bonds is 8. The summed E-state index contributed by atoms with van der Waals surface area (Å²) >= 11 is 0. The summed E-state index contributed by atoms with van der Waals surface area (Å²) in [6.45, 7) is 11.5. The van der Waals surface area contributed by atoms with Crippen molar-refractivity contribution in [1.29, 1.82) is 0 Å². The first kappa shape index (κ1) is 16.9. The van der Waals surface area contributed by atoms with Crippen molar-refractivity contribution in [3.8, 4) is 0 Å². The number of likely N-dealkylation sites (tertiary alicyclic amines) is 1. The van der Waals surface area contributed by atoms with E-state index in [9.17, 15) is 5.11 Å². The lowest BCUT2D eigenvalue weighted by molar-refractivity contribution is 0.158. The number of hydrogen-bond donors (Lipinski definition) is 2. The highest BCUT2D eigenvalue weighted by atomic mass is 16.3. The third kappa shape index (κ3) is 6.24. The van der Waals surface area contributed by atoms with Crippen molar-refractivity contribution in [2.75, 3.05) is 32.8 Å². The van der Waals surface area contributed by atoms with E-state index in [2.05, 4.69) is 31.0 Å². The maximum atomic E-state index is 9.49. The van der Waals surface area contributed by atoms with Crippen LogP contribution in [0.15, 0.2) is 0 Å². The van der Waals surface area contributed by atoms with Crippen molar-refractivity contribution in [1.82, 2.24) is 10.2 Å². The van der Waals surface area contributed by atoms with Crippen LogP contribution in [-0.4, -0.2) is 48.3 Å².